The third-order valence-electron chi connectivity index (χ3n) is 3.10. The number of rotatable bonds is 5. The normalized spacial score (nSPS) is 12.2. The molecule has 0 bridgehead atoms. The van der Waals surface area contributed by atoms with Gasteiger partial charge in [-0.2, -0.15) is 0 Å². The summed E-state index contributed by atoms with van der Waals surface area (Å²) in [5.74, 6) is 2.31. The summed E-state index contributed by atoms with van der Waals surface area (Å²) in [5.41, 5.74) is 1.15. The third kappa shape index (κ3) is 2.95. The molecule has 4 nitrogen and oxygen atoms in total. The molecule has 0 N–H and O–H groups in total. The average Bonchev–Trinajstić information content (AvgIpc) is 3.00. The van der Waals surface area contributed by atoms with Crippen molar-refractivity contribution in [2.24, 2.45) is 0 Å². The zero-order valence-corrected chi connectivity index (χ0v) is 11.9. The molecular formula is C16H13ClO4. The first-order valence-corrected chi connectivity index (χ1v) is 7.04. The summed E-state index contributed by atoms with van der Waals surface area (Å²) in [5, 5.41) is 0. The minimum atomic E-state index is -0.0720. The Kier molecular flexibility index (Phi) is 3.97. The van der Waals surface area contributed by atoms with E-state index in [0.29, 0.717) is 40.9 Å². The summed E-state index contributed by atoms with van der Waals surface area (Å²) in [7, 11) is 0. The SMILES string of the molecule is O=C(c1ccc(OCCCl)cc1)c1ccc2c(c1)OCO2. The highest BCUT2D eigenvalue weighted by Crippen LogP contribution is 2.33. The lowest BCUT2D eigenvalue weighted by atomic mass is 10.0. The molecule has 0 aromatic heterocycles. The number of carbonyl (C=O) groups excluding carboxylic acids is 1. The maximum atomic E-state index is 12.4. The minimum absolute atomic E-state index is 0.0720. The van der Waals surface area contributed by atoms with Crippen molar-refractivity contribution in [3.8, 4) is 17.2 Å². The van der Waals surface area contributed by atoms with Crippen molar-refractivity contribution < 1.29 is 19.0 Å². The zero-order valence-electron chi connectivity index (χ0n) is 11.2. The molecule has 0 radical (unpaired) electrons. The van der Waals surface area contributed by atoms with Crippen LogP contribution in [0.1, 0.15) is 15.9 Å². The van der Waals surface area contributed by atoms with Crippen molar-refractivity contribution in [2.45, 2.75) is 0 Å². The Labute approximate surface area is 127 Å². The molecule has 21 heavy (non-hydrogen) atoms. The number of benzene rings is 2. The Bertz CT molecular complexity index is 652. The summed E-state index contributed by atoms with van der Waals surface area (Å²) < 4.78 is 15.9. The molecule has 1 heterocycles. The van der Waals surface area contributed by atoms with Gasteiger partial charge in [-0.1, -0.05) is 0 Å². The van der Waals surface area contributed by atoms with E-state index in [1.54, 1.807) is 42.5 Å². The number of halogens is 1. The van der Waals surface area contributed by atoms with E-state index in [4.69, 9.17) is 25.8 Å². The summed E-state index contributed by atoms with van der Waals surface area (Å²) >= 11 is 5.56. The van der Waals surface area contributed by atoms with E-state index in [0.717, 1.165) is 0 Å². The van der Waals surface area contributed by atoms with Crippen molar-refractivity contribution >= 4 is 17.4 Å². The molecule has 5 heteroatoms. The lowest BCUT2D eigenvalue weighted by Gasteiger charge is -2.06. The quantitative estimate of drug-likeness (QED) is 0.628. The van der Waals surface area contributed by atoms with Gasteiger partial charge in [0.05, 0.1) is 5.88 Å². The molecule has 0 aliphatic carbocycles. The first-order chi connectivity index (χ1) is 10.3. The van der Waals surface area contributed by atoms with Crippen molar-refractivity contribution in [2.75, 3.05) is 19.3 Å². The van der Waals surface area contributed by atoms with Crippen molar-refractivity contribution in [1.29, 1.82) is 0 Å². The number of fused-ring (bicyclic) bond motifs is 1. The largest absolute Gasteiger partial charge is 0.492 e. The Hall–Kier alpha value is -2.20. The molecule has 3 rings (SSSR count). The van der Waals surface area contributed by atoms with E-state index >= 15 is 0 Å². The van der Waals surface area contributed by atoms with Gasteiger partial charge in [-0.3, -0.25) is 4.79 Å². The smallest absolute Gasteiger partial charge is 0.231 e. The minimum Gasteiger partial charge on any atom is -0.492 e. The van der Waals surface area contributed by atoms with E-state index in [-0.39, 0.29) is 12.6 Å². The highest BCUT2D eigenvalue weighted by molar-refractivity contribution is 6.18. The fraction of sp³-hybridized carbons (Fsp3) is 0.188. The Morgan fingerprint density at radius 2 is 1.76 bits per heavy atom. The van der Waals surface area contributed by atoms with Crippen LogP contribution in [-0.2, 0) is 0 Å². The van der Waals surface area contributed by atoms with Gasteiger partial charge in [0.15, 0.2) is 17.3 Å². The molecule has 1 aliphatic rings. The topological polar surface area (TPSA) is 44.8 Å². The second-order valence-corrected chi connectivity index (χ2v) is 4.84. The summed E-state index contributed by atoms with van der Waals surface area (Å²) in [6, 6.07) is 12.1. The van der Waals surface area contributed by atoms with Crippen LogP contribution in [-0.4, -0.2) is 25.1 Å². The Morgan fingerprint density at radius 1 is 1.05 bits per heavy atom. The second kappa shape index (κ2) is 6.06. The van der Waals surface area contributed by atoms with Crippen LogP contribution in [0.15, 0.2) is 42.5 Å². The van der Waals surface area contributed by atoms with Crippen LogP contribution in [0.5, 0.6) is 17.2 Å². The molecule has 0 amide bonds. The number of ether oxygens (including phenoxy) is 3. The molecule has 0 fully saturated rings. The number of carbonyl (C=O) groups is 1. The fourth-order valence-corrected chi connectivity index (χ4v) is 2.14. The summed E-state index contributed by atoms with van der Waals surface area (Å²) in [6.07, 6.45) is 0. The fourth-order valence-electron chi connectivity index (χ4n) is 2.06. The van der Waals surface area contributed by atoms with Crippen molar-refractivity contribution in [1.82, 2.24) is 0 Å². The lowest BCUT2D eigenvalue weighted by Crippen LogP contribution is -2.02. The van der Waals surface area contributed by atoms with Crippen LogP contribution in [0.25, 0.3) is 0 Å². The molecule has 0 atom stereocenters. The van der Waals surface area contributed by atoms with Crippen LogP contribution in [0.4, 0.5) is 0 Å². The van der Waals surface area contributed by atoms with Gasteiger partial charge in [-0.25, -0.2) is 0 Å². The Balaban J connectivity index is 1.78. The summed E-state index contributed by atoms with van der Waals surface area (Å²) in [4.78, 5) is 12.4. The second-order valence-electron chi connectivity index (χ2n) is 4.46. The van der Waals surface area contributed by atoms with Gasteiger partial charge in [-0.15, -0.1) is 11.6 Å². The monoisotopic (exact) mass is 304 g/mol. The van der Waals surface area contributed by atoms with E-state index in [1.165, 1.54) is 0 Å². The summed E-state index contributed by atoms with van der Waals surface area (Å²) in [6.45, 7) is 0.636. The molecular weight excluding hydrogens is 292 g/mol. The molecule has 0 saturated carbocycles. The highest BCUT2D eigenvalue weighted by atomic mass is 35.5. The van der Waals surface area contributed by atoms with Gasteiger partial charge >= 0.3 is 0 Å². The van der Waals surface area contributed by atoms with Gasteiger partial charge in [-0.05, 0) is 42.5 Å². The van der Waals surface area contributed by atoms with Gasteiger partial charge in [0.1, 0.15) is 12.4 Å². The standard InChI is InChI=1S/C16H13ClO4/c17-7-8-19-13-4-1-11(2-5-13)16(18)12-3-6-14-15(9-12)21-10-20-14/h1-6,9H,7-8,10H2. The first-order valence-electron chi connectivity index (χ1n) is 6.51. The van der Waals surface area contributed by atoms with Gasteiger partial charge in [0, 0.05) is 11.1 Å². The van der Waals surface area contributed by atoms with Crippen molar-refractivity contribution in [3.05, 3.63) is 53.6 Å². The third-order valence-corrected chi connectivity index (χ3v) is 3.25. The lowest BCUT2D eigenvalue weighted by molar-refractivity contribution is 0.103. The van der Waals surface area contributed by atoms with Crippen LogP contribution in [0, 0.1) is 0 Å². The molecule has 2 aromatic carbocycles. The van der Waals surface area contributed by atoms with E-state index < -0.39 is 0 Å². The van der Waals surface area contributed by atoms with Crippen LogP contribution < -0.4 is 14.2 Å². The predicted molar refractivity (Wildman–Crippen MR) is 78.7 cm³/mol. The molecule has 0 saturated heterocycles. The van der Waals surface area contributed by atoms with Crippen LogP contribution in [0.2, 0.25) is 0 Å². The number of alkyl halides is 1. The maximum absolute atomic E-state index is 12.4. The molecule has 0 unspecified atom stereocenters. The van der Waals surface area contributed by atoms with Crippen molar-refractivity contribution in [3.63, 3.8) is 0 Å². The van der Waals surface area contributed by atoms with E-state index in [2.05, 4.69) is 0 Å². The molecule has 0 spiro atoms. The average molecular weight is 305 g/mol. The molecule has 108 valence electrons. The van der Waals surface area contributed by atoms with Crippen LogP contribution in [0.3, 0.4) is 0 Å². The zero-order chi connectivity index (χ0) is 14.7. The predicted octanol–water partition coefficient (Wildman–Crippen LogP) is 3.26. The van der Waals surface area contributed by atoms with E-state index in [9.17, 15) is 4.79 Å². The van der Waals surface area contributed by atoms with Gasteiger partial charge in [0.2, 0.25) is 6.79 Å². The first kappa shape index (κ1) is 13.8. The Morgan fingerprint density at radius 3 is 2.52 bits per heavy atom. The number of hydrogen-bond donors (Lipinski definition) is 0. The van der Waals surface area contributed by atoms with Gasteiger partial charge in [0.25, 0.3) is 0 Å². The van der Waals surface area contributed by atoms with E-state index in [1.807, 2.05) is 0 Å². The highest BCUT2D eigenvalue weighted by Gasteiger charge is 2.17. The maximum Gasteiger partial charge on any atom is 0.231 e. The van der Waals surface area contributed by atoms with Crippen LogP contribution >= 0.6 is 11.6 Å². The number of ketones is 1. The molecule has 2 aromatic rings. The number of hydrogen-bond acceptors (Lipinski definition) is 4. The van der Waals surface area contributed by atoms with Gasteiger partial charge < -0.3 is 14.2 Å². The molecule has 1 aliphatic heterocycles.